The normalized spacial score (nSPS) is 8.59. The Kier molecular flexibility index (Phi) is 4.55. The van der Waals surface area contributed by atoms with Crippen molar-refractivity contribution in [1.82, 2.24) is 0 Å². The molecular formula is C11H8FN3O2. The van der Waals surface area contributed by atoms with Crippen molar-refractivity contribution in [1.29, 1.82) is 0 Å². The molecule has 17 heavy (non-hydrogen) atoms. The Hall–Kier alpha value is -2.51. The third-order valence-corrected chi connectivity index (χ3v) is 1.82. The van der Waals surface area contributed by atoms with E-state index in [1.54, 1.807) is 0 Å². The lowest BCUT2D eigenvalue weighted by molar-refractivity contribution is 0.0600. The van der Waals surface area contributed by atoms with Crippen LogP contribution in [0.4, 0.5) is 4.39 Å². The first-order chi connectivity index (χ1) is 8.19. The lowest BCUT2D eigenvalue weighted by Crippen LogP contribution is -2.02. The van der Waals surface area contributed by atoms with E-state index in [4.69, 9.17) is 5.53 Å². The largest absolute Gasteiger partial charge is 0.465 e. The molecule has 0 fully saturated rings. The number of carbonyl (C=O) groups excluding carboxylic acids is 1. The van der Waals surface area contributed by atoms with Gasteiger partial charge < -0.3 is 4.74 Å². The van der Waals surface area contributed by atoms with Gasteiger partial charge in [0.2, 0.25) is 0 Å². The molecule has 0 aliphatic carbocycles. The molecule has 86 valence electrons. The van der Waals surface area contributed by atoms with Gasteiger partial charge in [-0.3, -0.25) is 0 Å². The first-order valence-electron chi connectivity index (χ1n) is 4.56. The molecule has 0 aliphatic rings. The SMILES string of the molecule is COC(=O)c1ccc(F)c(C#CCN=[N+]=[N-])c1. The fourth-order valence-electron chi connectivity index (χ4n) is 1.07. The van der Waals surface area contributed by atoms with Gasteiger partial charge in [0.1, 0.15) is 5.82 Å². The van der Waals surface area contributed by atoms with E-state index in [0.29, 0.717) is 0 Å². The van der Waals surface area contributed by atoms with Crippen LogP contribution in [-0.4, -0.2) is 19.6 Å². The second-order valence-electron chi connectivity index (χ2n) is 2.88. The van der Waals surface area contributed by atoms with E-state index < -0.39 is 11.8 Å². The third kappa shape index (κ3) is 3.52. The fourth-order valence-corrected chi connectivity index (χ4v) is 1.07. The van der Waals surface area contributed by atoms with Gasteiger partial charge in [0.15, 0.2) is 0 Å². The summed E-state index contributed by atoms with van der Waals surface area (Å²) in [5.74, 6) is 3.82. The molecule has 0 bridgehead atoms. The Labute approximate surface area is 96.8 Å². The van der Waals surface area contributed by atoms with Crippen molar-refractivity contribution in [3.05, 3.63) is 45.6 Å². The molecule has 0 aliphatic heterocycles. The Balaban J connectivity index is 3.00. The van der Waals surface area contributed by atoms with Crippen LogP contribution in [0.2, 0.25) is 0 Å². The summed E-state index contributed by atoms with van der Waals surface area (Å²) in [5.41, 5.74) is 8.29. The smallest absolute Gasteiger partial charge is 0.337 e. The summed E-state index contributed by atoms with van der Waals surface area (Å²) >= 11 is 0. The van der Waals surface area contributed by atoms with E-state index in [2.05, 4.69) is 26.6 Å². The minimum atomic E-state index is -0.567. The predicted molar refractivity (Wildman–Crippen MR) is 58.6 cm³/mol. The van der Waals surface area contributed by atoms with Gasteiger partial charge in [-0.2, -0.15) is 0 Å². The van der Waals surface area contributed by atoms with Crippen molar-refractivity contribution in [2.75, 3.05) is 13.7 Å². The highest BCUT2D eigenvalue weighted by Crippen LogP contribution is 2.10. The summed E-state index contributed by atoms with van der Waals surface area (Å²) in [6, 6.07) is 3.72. The zero-order valence-electron chi connectivity index (χ0n) is 8.98. The summed E-state index contributed by atoms with van der Waals surface area (Å²) in [5, 5.41) is 3.18. The van der Waals surface area contributed by atoms with E-state index in [9.17, 15) is 9.18 Å². The fraction of sp³-hybridized carbons (Fsp3) is 0.182. The van der Waals surface area contributed by atoms with Gasteiger partial charge in [0.05, 0.1) is 24.8 Å². The first-order valence-corrected chi connectivity index (χ1v) is 4.56. The number of ether oxygens (including phenoxy) is 1. The average molecular weight is 233 g/mol. The van der Waals surface area contributed by atoms with Crippen molar-refractivity contribution in [3.8, 4) is 11.8 Å². The highest BCUT2D eigenvalue weighted by atomic mass is 19.1. The number of carbonyl (C=O) groups is 1. The highest BCUT2D eigenvalue weighted by molar-refractivity contribution is 5.89. The van der Waals surface area contributed by atoms with Gasteiger partial charge in [-0.1, -0.05) is 17.0 Å². The number of nitrogens with zero attached hydrogens (tertiary/aromatic N) is 3. The Morgan fingerprint density at radius 2 is 2.41 bits per heavy atom. The van der Waals surface area contributed by atoms with Crippen LogP contribution in [0.15, 0.2) is 23.3 Å². The molecule has 0 N–H and O–H groups in total. The van der Waals surface area contributed by atoms with Crippen LogP contribution < -0.4 is 0 Å². The minimum absolute atomic E-state index is 0.0565. The summed E-state index contributed by atoms with van der Waals surface area (Å²) in [4.78, 5) is 13.7. The number of esters is 1. The Morgan fingerprint density at radius 1 is 1.65 bits per heavy atom. The molecule has 0 unspecified atom stereocenters. The first kappa shape index (κ1) is 12.6. The van der Waals surface area contributed by atoms with Crippen molar-refractivity contribution in [2.45, 2.75) is 0 Å². The number of hydrogen-bond donors (Lipinski definition) is 0. The molecule has 1 aromatic rings. The van der Waals surface area contributed by atoms with Gasteiger partial charge in [0, 0.05) is 4.91 Å². The predicted octanol–water partition coefficient (Wildman–Crippen LogP) is 2.27. The van der Waals surface area contributed by atoms with Gasteiger partial charge >= 0.3 is 5.97 Å². The Morgan fingerprint density at radius 3 is 3.06 bits per heavy atom. The van der Waals surface area contributed by atoms with Gasteiger partial charge in [-0.15, -0.1) is 0 Å². The maximum absolute atomic E-state index is 13.3. The van der Waals surface area contributed by atoms with Gasteiger partial charge in [-0.05, 0) is 23.7 Å². The highest BCUT2D eigenvalue weighted by Gasteiger charge is 2.08. The monoisotopic (exact) mass is 233 g/mol. The molecule has 1 aromatic carbocycles. The van der Waals surface area contributed by atoms with Crippen LogP contribution in [0.3, 0.4) is 0 Å². The number of rotatable bonds is 2. The van der Waals surface area contributed by atoms with E-state index in [0.717, 1.165) is 6.07 Å². The van der Waals surface area contributed by atoms with E-state index >= 15 is 0 Å². The average Bonchev–Trinajstić information content (AvgIpc) is 2.35. The molecule has 0 saturated carbocycles. The van der Waals surface area contributed by atoms with E-state index in [-0.39, 0.29) is 17.7 Å². The number of halogens is 1. The minimum Gasteiger partial charge on any atom is -0.465 e. The number of benzene rings is 1. The zero-order chi connectivity index (χ0) is 12.7. The molecule has 5 nitrogen and oxygen atoms in total. The summed E-state index contributed by atoms with van der Waals surface area (Å²) < 4.78 is 17.8. The molecule has 0 amide bonds. The maximum Gasteiger partial charge on any atom is 0.337 e. The van der Waals surface area contributed by atoms with Crippen LogP contribution in [0.5, 0.6) is 0 Å². The molecule has 0 radical (unpaired) electrons. The van der Waals surface area contributed by atoms with Crippen LogP contribution in [0.25, 0.3) is 10.4 Å². The van der Waals surface area contributed by atoms with Gasteiger partial charge in [-0.25, -0.2) is 9.18 Å². The van der Waals surface area contributed by atoms with Crippen molar-refractivity contribution in [2.24, 2.45) is 5.11 Å². The molecule has 0 spiro atoms. The molecule has 0 heterocycles. The molecule has 0 saturated heterocycles. The number of azide groups is 1. The van der Waals surface area contributed by atoms with Gasteiger partial charge in [0.25, 0.3) is 0 Å². The topological polar surface area (TPSA) is 75.1 Å². The van der Waals surface area contributed by atoms with Crippen LogP contribution in [-0.2, 0) is 4.74 Å². The Bertz CT molecular complexity index is 539. The standard InChI is InChI=1S/C11H8FN3O2/c1-17-11(16)9-4-5-10(12)8(7-9)3-2-6-14-15-13/h4-5,7H,6H2,1H3. The quantitative estimate of drug-likeness (QED) is 0.258. The summed E-state index contributed by atoms with van der Waals surface area (Å²) in [7, 11) is 1.23. The second kappa shape index (κ2) is 6.16. The maximum atomic E-state index is 13.3. The van der Waals surface area contributed by atoms with Crippen LogP contribution in [0, 0.1) is 17.7 Å². The van der Waals surface area contributed by atoms with Crippen LogP contribution in [0.1, 0.15) is 15.9 Å². The zero-order valence-corrected chi connectivity index (χ0v) is 8.98. The lowest BCUT2D eigenvalue weighted by atomic mass is 10.1. The third-order valence-electron chi connectivity index (χ3n) is 1.82. The number of methoxy groups -OCH3 is 1. The second-order valence-corrected chi connectivity index (χ2v) is 2.88. The molecule has 0 aromatic heterocycles. The van der Waals surface area contributed by atoms with Crippen molar-refractivity contribution >= 4 is 5.97 Å². The molecule has 0 atom stereocenters. The molecule has 1 rings (SSSR count). The van der Waals surface area contributed by atoms with Crippen LogP contribution >= 0.6 is 0 Å². The summed E-state index contributed by atoms with van der Waals surface area (Å²) in [6.07, 6.45) is 0. The number of hydrogen-bond acceptors (Lipinski definition) is 3. The molecular weight excluding hydrogens is 225 g/mol. The van der Waals surface area contributed by atoms with E-state index in [1.165, 1.54) is 19.2 Å². The lowest BCUT2D eigenvalue weighted by Gasteiger charge is -2.00. The van der Waals surface area contributed by atoms with Crippen molar-refractivity contribution in [3.63, 3.8) is 0 Å². The molecule has 6 heteroatoms. The van der Waals surface area contributed by atoms with E-state index in [1.807, 2.05) is 0 Å². The summed E-state index contributed by atoms with van der Waals surface area (Å²) in [6.45, 7) is -0.0572. The van der Waals surface area contributed by atoms with Crippen molar-refractivity contribution < 1.29 is 13.9 Å².